The molecule has 5 nitrogen and oxygen atoms in total. The third kappa shape index (κ3) is 4.23. The molecule has 1 heterocycles. The highest BCUT2D eigenvalue weighted by Crippen LogP contribution is 2.16. The smallest absolute Gasteiger partial charge is 0.133 e. The van der Waals surface area contributed by atoms with Gasteiger partial charge in [0.1, 0.15) is 11.6 Å². The Bertz CT molecular complexity index is 369. The number of ether oxygens (including phenoxy) is 1. The van der Waals surface area contributed by atoms with Gasteiger partial charge in [-0.15, -0.1) is 0 Å². The van der Waals surface area contributed by atoms with Gasteiger partial charge in [0.05, 0.1) is 13.2 Å². The monoisotopic (exact) mass is 253 g/mol. The summed E-state index contributed by atoms with van der Waals surface area (Å²) in [6.45, 7) is 8.09. The molecule has 1 N–H and O–H groups in total. The molecule has 0 aliphatic carbocycles. The van der Waals surface area contributed by atoms with Crippen LogP contribution < -0.4 is 4.90 Å². The van der Waals surface area contributed by atoms with E-state index in [1.165, 1.54) is 0 Å². The second kappa shape index (κ2) is 7.28. The molecule has 0 saturated carbocycles. The third-order valence-corrected chi connectivity index (χ3v) is 2.63. The Morgan fingerprint density at radius 2 is 2.06 bits per heavy atom. The molecule has 0 aromatic carbocycles. The van der Waals surface area contributed by atoms with Gasteiger partial charge in [-0.1, -0.05) is 13.8 Å². The van der Waals surface area contributed by atoms with Crippen LogP contribution in [-0.4, -0.2) is 48.5 Å². The van der Waals surface area contributed by atoms with Crippen LogP contribution in [0.15, 0.2) is 6.07 Å². The van der Waals surface area contributed by atoms with Crippen molar-refractivity contribution in [1.82, 2.24) is 9.97 Å². The summed E-state index contributed by atoms with van der Waals surface area (Å²) in [5.41, 5.74) is 0.948. The highest BCUT2D eigenvalue weighted by Gasteiger charge is 2.11. The maximum atomic E-state index is 9.12. The van der Waals surface area contributed by atoms with E-state index in [4.69, 9.17) is 9.84 Å². The van der Waals surface area contributed by atoms with E-state index >= 15 is 0 Å². The molecular formula is C13H23N3O2. The summed E-state index contributed by atoms with van der Waals surface area (Å²) in [5, 5.41) is 9.12. The highest BCUT2D eigenvalue weighted by atomic mass is 16.5. The molecule has 0 atom stereocenters. The Labute approximate surface area is 109 Å². The molecule has 102 valence electrons. The van der Waals surface area contributed by atoms with E-state index < -0.39 is 0 Å². The number of anilines is 1. The molecule has 0 fully saturated rings. The average molecular weight is 253 g/mol. The lowest BCUT2D eigenvalue weighted by Gasteiger charge is -2.23. The second-order valence-corrected chi connectivity index (χ2v) is 4.58. The molecule has 1 aromatic rings. The minimum absolute atomic E-state index is 0.101. The first-order chi connectivity index (χ1) is 8.58. The van der Waals surface area contributed by atoms with Gasteiger partial charge in [-0.3, -0.25) is 0 Å². The van der Waals surface area contributed by atoms with E-state index in [-0.39, 0.29) is 6.61 Å². The van der Waals surface area contributed by atoms with Gasteiger partial charge in [-0.05, 0) is 6.92 Å². The van der Waals surface area contributed by atoms with Gasteiger partial charge < -0.3 is 14.7 Å². The van der Waals surface area contributed by atoms with Gasteiger partial charge in [0.15, 0.2) is 0 Å². The zero-order valence-corrected chi connectivity index (χ0v) is 11.7. The van der Waals surface area contributed by atoms with Crippen LogP contribution in [0.1, 0.15) is 31.3 Å². The first-order valence-electron chi connectivity index (χ1n) is 6.28. The fourth-order valence-corrected chi connectivity index (χ4v) is 1.66. The molecule has 0 amide bonds. The van der Waals surface area contributed by atoms with Crippen LogP contribution in [0.4, 0.5) is 5.82 Å². The van der Waals surface area contributed by atoms with Gasteiger partial charge >= 0.3 is 0 Å². The maximum absolute atomic E-state index is 9.12. The maximum Gasteiger partial charge on any atom is 0.133 e. The minimum Gasteiger partial charge on any atom is -0.395 e. The van der Waals surface area contributed by atoms with E-state index in [2.05, 4.69) is 23.8 Å². The number of nitrogens with zero attached hydrogens (tertiary/aromatic N) is 3. The highest BCUT2D eigenvalue weighted by molar-refractivity contribution is 5.40. The predicted molar refractivity (Wildman–Crippen MR) is 72.0 cm³/mol. The van der Waals surface area contributed by atoms with Crippen LogP contribution in [0.5, 0.6) is 0 Å². The van der Waals surface area contributed by atoms with Crippen LogP contribution in [0.2, 0.25) is 0 Å². The molecule has 0 unspecified atom stereocenters. The molecule has 0 aliphatic rings. The summed E-state index contributed by atoms with van der Waals surface area (Å²) >= 11 is 0. The lowest BCUT2D eigenvalue weighted by Crippen LogP contribution is -2.31. The van der Waals surface area contributed by atoms with Crippen molar-refractivity contribution in [1.29, 1.82) is 0 Å². The Morgan fingerprint density at radius 3 is 2.61 bits per heavy atom. The Kier molecular flexibility index (Phi) is 6.01. The van der Waals surface area contributed by atoms with Crippen LogP contribution >= 0.6 is 0 Å². The number of hydrogen-bond donors (Lipinski definition) is 1. The zero-order chi connectivity index (χ0) is 13.5. The van der Waals surface area contributed by atoms with Gasteiger partial charge in [0.2, 0.25) is 0 Å². The molecule has 18 heavy (non-hydrogen) atoms. The molecule has 0 saturated heterocycles. The van der Waals surface area contributed by atoms with Crippen molar-refractivity contribution in [2.24, 2.45) is 0 Å². The topological polar surface area (TPSA) is 58.5 Å². The van der Waals surface area contributed by atoms with Gasteiger partial charge in [0.25, 0.3) is 0 Å². The van der Waals surface area contributed by atoms with Crippen LogP contribution in [-0.2, 0) is 4.74 Å². The van der Waals surface area contributed by atoms with Crippen molar-refractivity contribution >= 4 is 5.82 Å². The standard InChI is InChI=1S/C13H23N3O2/c1-10(2)13-14-11(3)9-12(15-13)16(5-7-17)6-8-18-4/h9-10,17H,5-8H2,1-4H3. The summed E-state index contributed by atoms with van der Waals surface area (Å²) in [6.07, 6.45) is 0. The van der Waals surface area contributed by atoms with Crippen molar-refractivity contribution in [2.75, 3.05) is 38.3 Å². The zero-order valence-electron chi connectivity index (χ0n) is 11.7. The number of aromatic nitrogens is 2. The van der Waals surface area contributed by atoms with Crippen molar-refractivity contribution in [2.45, 2.75) is 26.7 Å². The van der Waals surface area contributed by atoms with E-state index in [0.29, 0.717) is 25.6 Å². The number of aryl methyl sites for hydroxylation is 1. The van der Waals surface area contributed by atoms with Gasteiger partial charge in [0, 0.05) is 37.9 Å². The summed E-state index contributed by atoms with van der Waals surface area (Å²) in [6, 6.07) is 1.94. The molecule has 0 radical (unpaired) electrons. The molecule has 5 heteroatoms. The fraction of sp³-hybridized carbons (Fsp3) is 0.692. The third-order valence-electron chi connectivity index (χ3n) is 2.63. The predicted octanol–water partition coefficient (Wildman–Crippen LogP) is 1.35. The second-order valence-electron chi connectivity index (χ2n) is 4.58. The van der Waals surface area contributed by atoms with E-state index in [1.54, 1.807) is 7.11 Å². The van der Waals surface area contributed by atoms with Crippen LogP contribution in [0.25, 0.3) is 0 Å². The number of rotatable bonds is 7. The van der Waals surface area contributed by atoms with Crippen molar-refractivity contribution < 1.29 is 9.84 Å². The minimum atomic E-state index is 0.101. The molecule has 0 spiro atoms. The molecular weight excluding hydrogens is 230 g/mol. The normalized spacial score (nSPS) is 11.0. The van der Waals surface area contributed by atoms with Crippen LogP contribution in [0.3, 0.4) is 0 Å². The van der Waals surface area contributed by atoms with Crippen molar-refractivity contribution in [3.63, 3.8) is 0 Å². The molecule has 0 aliphatic heterocycles. The summed E-state index contributed by atoms with van der Waals surface area (Å²) in [7, 11) is 1.67. The van der Waals surface area contributed by atoms with Crippen LogP contribution in [0, 0.1) is 6.92 Å². The lowest BCUT2D eigenvalue weighted by atomic mass is 10.2. The lowest BCUT2D eigenvalue weighted by molar-refractivity contribution is 0.202. The Morgan fingerprint density at radius 1 is 1.33 bits per heavy atom. The number of hydrogen-bond acceptors (Lipinski definition) is 5. The number of aliphatic hydroxyl groups is 1. The average Bonchev–Trinajstić information content (AvgIpc) is 2.33. The van der Waals surface area contributed by atoms with E-state index in [1.807, 2.05) is 17.9 Å². The Balaban J connectivity index is 2.95. The van der Waals surface area contributed by atoms with E-state index in [0.717, 1.165) is 17.3 Å². The van der Waals surface area contributed by atoms with Gasteiger partial charge in [-0.25, -0.2) is 9.97 Å². The number of methoxy groups -OCH3 is 1. The molecule has 1 aromatic heterocycles. The molecule has 0 bridgehead atoms. The summed E-state index contributed by atoms with van der Waals surface area (Å²) in [5.74, 6) is 1.99. The largest absolute Gasteiger partial charge is 0.395 e. The first kappa shape index (κ1) is 14.9. The Hall–Kier alpha value is -1.20. The SMILES string of the molecule is COCCN(CCO)c1cc(C)nc(C(C)C)n1. The fourth-order valence-electron chi connectivity index (χ4n) is 1.66. The quantitative estimate of drug-likeness (QED) is 0.795. The first-order valence-corrected chi connectivity index (χ1v) is 6.28. The van der Waals surface area contributed by atoms with Gasteiger partial charge in [-0.2, -0.15) is 0 Å². The van der Waals surface area contributed by atoms with Crippen molar-refractivity contribution in [3.05, 3.63) is 17.6 Å². The summed E-state index contributed by atoms with van der Waals surface area (Å²) in [4.78, 5) is 11.0. The number of aliphatic hydroxyl groups excluding tert-OH is 1. The van der Waals surface area contributed by atoms with Crippen molar-refractivity contribution in [3.8, 4) is 0 Å². The summed E-state index contributed by atoms with van der Waals surface area (Å²) < 4.78 is 5.08. The molecule has 1 rings (SSSR count). The van der Waals surface area contributed by atoms with E-state index in [9.17, 15) is 0 Å².